The lowest BCUT2D eigenvalue weighted by Crippen LogP contribution is -2.48. The van der Waals surface area contributed by atoms with Gasteiger partial charge < -0.3 is 10.8 Å². The van der Waals surface area contributed by atoms with E-state index < -0.39 is 29.7 Å². The first kappa shape index (κ1) is 13.2. The number of hydrogen-bond acceptors (Lipinski definition) is 2. The number of halogens is 5. The molecule has 2 nitrogen and oxygen atoms in total. The molecule has 90 valence electrons. The Balaban J connectivity index is 3.29. The van der Waals surface area contributed by atoms with Gasteiger partial charge in [0, 0.05) is 6.54 Å². The van der Waals surface area contributed by atoms with Crippen LogP contribution in [0.4, 0.5) is 17.6 Å². The smallest absolute Gasteiger partial charge is 0.375 e. The zero-order chi connectivity index (χ0) is 12.6. The molecule has 0 aliphatic heterocycles. The van der Waals surface area contributed by atoms with Crippen LogP contribution in [0.3, 0.4) is 0 Å². The second kappa shape index (κ2) is 4.20. The average molecular weight is 258 g/mol. The molecule has 16 heavy (non-hydrogen) atoms. The highest BCUT2D eigenvalue weighted by molar-refractivity contribution is 6.30. The summed E-state index contributed by atoms with van der Waals surface area (Å²) in [5.74, 6) is -1.05. The Morgan fingerprint density at radius 3 is 2.25 bits per heavy atom. The molecule has 0 heterocycles. The minimum Gasteiger partial charge on any atom is -0.375 e. The van der Waals surface area contributed by atoms with Crippen LogP contribution in [0.15, 0.2) is 18.2 Å². The molecule has 0 amide bonds. The maximum absolute atomic E-state index is 13.0. The molecule has 7 heteroatoms. The summed E-state index contributed by atoms with van der Waals surface area (Å²) in [5.41, 5.74) is 0.946. The molecule has 0 bridgehead atoms. The van der Waals surface area contributed by atoms with E-state index in [1.54, 1.807) is 0 Å². The summed E-state index contributed by atoms with van der Waals surface area (Å²) in [6.45, 7) is -1.10. The van der Waals surface area contributed by atoms with Crippen LogP contribution in [0.5, 0.6) is 0 Å². The highest BCUT2D eigenvalue weighted by Gasteiger charge is 2.54. The molecule has 3 N–H and O–H groups in total. The predicted octanol–water partition coefficient (Wildman–Crippen LogP) is 2.19. The number of nitrogens with two attached hydrogens (primary N) is 1. The Morgan fingerprint density at radius 1 is 1.31 bits per heavy atom. The summed E-state index contributed by atoms with van der Waals surface area (Å²) in [5, 5.41) is 9.06. The fourth-order valence-electron chi connectivity index (χ4n) is 1.15. The third kappa shape index (κ3) is 2.14. The van der Waals surface area contributed by atoms with E-state index in [9.17, 15) is 22.7 Å². The molecule has 1 unspecified atom stereocenters. The van der Waals surface area contributed by atoms with Crippen molar-refractivity contribution in [3.63, 3.8) is 0 Å². The first-order valence-electron chi connectivity index (χ1n) is 4.17. The van der Waals surface area contributed by atoms with Gasteiger partial charge in [-0.1, -0.05) is 17.7 Å². The number of alkyl halides is 3. The second-order valence-corrected chi connectivity index (χ2v) is 3.60. The molecule has 0 fully saturated rings. The molecule has 1 atom stereocenters. The zero-order valence-corrected chi connectivity index (χ0v) is 8.61. The molecule has 1 aromatic rings. The molecular formula is C9H8ClF4NO. The normalized spacial score (nSPS) is 15.9. The van der Waals surface area contributed by atoms with Crippen molar-refractivity contribution < 1.29 is 22.7 Å². The maximum Gasteiger partial charge on any atom is 0.422 e. The summed E-state index contributed by atoms with van der Waals surface area (Å²) in [6, 6.07) is 2.33. The monoisotopic (exact) mass is 257 g/mol. The van der Waals surface area contributed by atoms with Gasteiger partial charge in [-0.15, -0.1) is 0 Å². The van der Waals surface area contributed by atoms with Crippen LogP contribution in [0.1, 0.15) is 5.56 Å². The van der Waals surface area contributed by atoms with Crippen molar-refractivity contribution in [1.82, 2.24) is 0 Å². The highest BCUT2D eigenvalue weighted by Crippen LogP contribution is 2.38. The number of rotatable bonds is 2. The van der Waals surface area contributed by atoms with Crippen molar-refractivity contribution >= 4 is 11.6 Å². The summed E-state index contributed by atoms with van der Waals surface area (Å²) >= 11 is 5.32. The SMILES string of the molecule is NCC(O)(c1ccc(Cl)c(F)c1)C(F)(F)F. The quantitative estimate of drug-likeness (QED) is 0.798. The second-order valence-electron chi connectivity index (χ2n) is 3.19. The van der Waals surface area contributed by atoms with Gasteiger partial charge in [-0.25, -0.2) is 4.39 Å². The molecule has 0 aliphatic rings. The third-order valence-electron chi connectivity index (χ3n) is 2.16. The summed E-state index contributed by atoms with van der Waals surface area (Å²) in [4.78, 5) is 0. The Labute approximate surface area is 93.6 Å². The first-order valence-corrected chi connectivity index (χ1v) is 4.55. The van der Waals surface area contributed by atoms with E-state index in [4.69, 9.17) is 17.3 Å². The van der Waals surface area contributed by atoms with Crippen LogP contribution in [0.2, 0.25) is 5.02 Å². The van der Waals surface area contributed by atoms with Gasteiger partial charge in [0.15, 0.2) is 5.60 Å². The molecule has 0 spiro atoms. The van der Waals surface area contributed by atoms with Gasteiger partial charge in [-0.2, -0.15) is 13.2 Å². The Kier molecular flexibility index (Phi) is 3.47. The van der Waals surface area contributed by atoms with Gasteiger partial charge in [0.2, 0.25) is 0 Å². The van der Waals surface area contributed by atoms with Crippen LogP contribution in [-0.4, -0.2) is 17.8 Å². The molecule has 0 aromatic heterocycles. The standard InChI is InChI=1S/C9H8ClF4NO/c10-6-2-1-5(3-7(6)11)8(16,4-15)9(12,13)14/h1-3,16H,4,15H2. The molecule has 1 aromatic carbocycles. The van der Waals surface area contributed by atoms with E-state index in [0.717, 1.165) is 12.1 Å². The zero-order valence-electron chi connectivity index (χ0n) is 7.85. The van der Waals surface area contributed by atoms with Gasteiger partial charge in [0.1, 0.15) is 5.82 Å². The lowest BCUT2D eigenvalue weighted by Gasteiger charge is -2.29. The molecule has 1 rings (SSSR count). The average Bonchev–Trinajstić information content (AvgIpc) is 2.19. The number of aliphatic hydroxyl groups is 1. The van der Waals surface area contributed by atoms with E-state index in [0.29, 0.717) is 6.07 Å². The predicted molar refractivity (Wildman–Crippen MR) is 50.4 cm³/mol. The molecule has 0 radical (unpaired) electrons. The van der Waals surface area contributed by atoms with E-state index in [1.165, 1.54) is 0 Å². The van der Waals surface area contributed by atoms with E-state index in [1.807, 2.05) is 0 Å². The van der Waals surface area contributed by atoms with Gasteiger partial charge in [-0.3, -0.25) is 0 Å². The van der Waals surface area contributed by atoms with Crippen molar-refractivity contribution in [3.05, 3.63) is 34.6 Å². The van der Waals surface area contributed by atoms with Crippen molar-refractivity contribution in [2.45, 2.75) is 11.8 Å². The van der Waals surface area contributed by atoms with Crippen LogP contribution >= 0.6 is 11.6 Å². The fraction of sp³-hybridized carbons (Fsp3) is 0.333. The Bertz CT molecular complexity index is 396. The van der Waals surface area contributed by atoms with Gasteiger partial charge in [0.05, 0.1) is 5.02 Å². The lowest BCUT2D eigenvalue weighted by molar-refractivity contribution is -0.262. The maximum atomic E-state index is 13.0. The van der Waals surface area contributed by atoms with Crippen molar-refractivity contribution in [3.8, 4) is 0 Å². The summed E-state index contributed by atoms with van der Waals surface area (Å²) in [6.07, 6.45) is -4.98. The fourth-order valence-corrected chi connectivity index (χ4v) is 1.27. The molecule has 0 saturated heterocycles. The minimum absolute atomic E-state index is 0.328. The topological polar surface area (TPSA) is 46.2 Å². The van der Waals surface area contributed by atoms with Gasteiger partial charge >= 0.3 is 6.18 Å². The van der Waals surface area contributed by atoms with Crippen LogP contribution in [0, 0.1) is 5.82 Å². The number of benzene rings is 1. The van der Waals surface area contributed by atoms with E-state index >= 15 is 0 Å². The van der Waals surface area contributed by atoms with Gasteiger partial charge in [-0.05, 0) is 17.7 Å². The number of hydrogen-bond donors (Lipinski definition) is 2. The summed E-state index contributed by atoms with van der Waals surface area (Å²) < 4.78 is 50.6. The lowest BCUT2D eigenvalue weighted by atomic mass is 9.93. The Hall–Kier alpha value is -0.850. The molecule has 0 saturated carbocycles. The third-order valence-corrected chi connectivity index (χ3v) is 2.47. The minimum atomic E-state index is -4.98. The largest absolute Gasteiger partial charge is 0.422 e. The van der Waals surface area contributed by atoms with Crippen molar-refractivity contribution in [2.75, 3.05) is 6.54 Å². The summed E-state index contributed by atoms with van der Waals surface area (Å²) in [7, 11) is 0. The van der Waals surface area contributed by atoms with Crippen molar-refractivity contribution in [2.24, 2.45) is 5.73 Å². The van der Waals surface area contributed by atoms with E-state index in [2.05, 4.69) is 0 Å². The molecular weight excluding hydrogens is 250 g/mol. The Morgan fingerprint density at radius 2 is 1.88 bits per heavy atom. The molecule has 0 aliphatic carbocycles. The van der Waals surface area contributed by atoms with Gasteiger partial charge in [0.25, 0.3) is 0 Å². The van der Waals surface area contributed by atoms with Crippen LogP contribution in [0.25, 0.3) is 0 Å². The van der Waals surface area contributed by atoms with Crippen molar-refractivity contribution in [1.29, 1.82) is 0 Å². The van der Waals surface area contributed by atoms with Crippen LogP contribution in [-0.2, 0) is 5.60 Å². The van der Waals surface area contributed by atoms with E-state index in [-0.39, 0.29) is 5.02 Å². The first-order chi connectivity index (χ1) is 7.22. The highest BCUT2D eigenvalue weighted by atomic mass is 35.5. The van der Waals surface area contributed by atoms with Crippen LogP contribution < -0.4 is 5.73 Å².